The van der Waals surface area contributed by atoms with E-state index >= 15 is 0 Å². The van der Waals surface area contributed by atoms with Gasteiger partial charge in [-0.05, 0) is 43.0 Å². The number of hydrogen-bond donors (Lipinski definition) is 1. The average molecular weight is 356 g/mol. The first-order chi connectivity index (χ1) is 12.1. The fraction of sp³-hybridized carbons (Fsp3) is 0.238. The van der Waals surface area contributed by atoms with E-state index in [4.69, 9.17) is 21.1 Å². The van der Waals surface area contributed by atoms with Crippen LogP contribution in [0, 0.1) is 0 Å². The number of hydrogen-bond acceptors (Lipinski definition) is 3. The molecule has 4 heteroatoms. The number of anilines is 1. The summed E-state index contributed by atoms with van der Waals surface area (Å²) in [6.45, 7) is 4.57. The van der Waals surface area contributed by atoms with E-state index < -0.39 is 0 Å². The third-order valence-corrected chi connectivity index (χ3v) is 4.20. The van der Waals surface area contributed by atoms with Crippen LogP contribution in [-0.4, -0.2) is 13.2 Å². The number of halogens is 1. The van der Waals surface area contributed by atoms with Gasteiger partial charge in [-0.15, -0.1) is 0 Å². The molecular formula is C21H22ClNO2. The molecule has 3 rings (SSSR count). The molecule has 0 heterocycles. The number of fused-ring (bicyclic) bond motifs is 1. The second kappa shape index (κ2) is 7.66. The fourth-order valence-corrected chi connectivity index (χ4v) is 3.08. The predicted octanol–water partition coefficient (Wildman–Crippen LogP) is 5.90. The van der Waals surface area contributed by atoms with Gasteiger partial charge in [0.25, 0.3) is 0 Å². The van der Waals surface area contributed by atoms with Crippen molar-refractivity contribution >= 4 is 28.1 Å². The van der Waals surface area contributed by atoms with E-state index in [9.17, 15) is 0 Å². The van der Waals surface area contributed by atoms with Crippen LogP contribution in [0.25, 0.3) is 10.8 Å². The van der Waals surface area contributed by atoms with E-state index in [-0.39, 0.29) is 6.10 Å². The molecular weight excluding hydrogens is 334 g/mol. The van der Waals surface area contributed by atoms with Crippen molar-refractivity contribution in [1.82, 2.24) is 0 Å². The molecule has 0 bridgehead atoms. The van der Waals surface area contributed by atoms with Gasteiger partial charge in [-0.25, -0.2) is 0 Å². The Bertz CT molecular complexity index is 872. The minimum absolute atomic E-state index is 0.0334. The second-order valence-corrected chi connectivity index (χ2v) is 6.56. The summed E-state index contributed by atoms with van der Waals surface area (Å²) < 4.78 is 11.2. The molecule has 0 aliphatic carbocycles. The summed E-state index contributed by atoms with van der Waals surface area (Å²) >= 11 is 6.40. The van der Waals surface area contributed by atoms with Gasteiger partial charge in [-0.2, -0.15) is 0 Å². The maximum absolute atomic E-state index is 6.40. The molecule has 0 aliphatic heterocycles. The Labute approximate surface area is 153 Å². The van der Waals surface area contributed by atoms with Crippen LogP contribution in [0.3, 0.4) is 0 Å². The first-order valence-electron chi connectivity index (χ1n) is 8.33. The number of rotatable bonds is 6. The van der Waals surface area contributed by atoms with Crippen molar-refractivity contribution in [2.24, 2.45) is 0 Å². The van der Waals surface area contributed by atoms with Crippen LogP contribution in [0.15, 0.2) is 54.6 Å². The molecule has 0 unspecified atom stereocenters. The maximum Gasteiger partial charge on any atom is 0.180 e. The highest BCUT2D eigenvalue weighted by atomic mass is 35.5. The molecule has 0 atom stereocenters. The molecule has 1 N–H and O–H groups in total. The van der Waals surface area contributed by atoms with Crippen molar-refractivity contribution in [3.63, 3.8) is 0 Å². The number of ether oxygens (including phenoxy) is 2. The van der Waals surface area contributed by atoms with Crippen LogP contribution in [-0.2, 0) is 6.54 Å². The SMILES string of the molecule is COc1cc(CNc2cccc3ccccc23)cc(Cl)c1OC(C)C. The molecule has 0 spiro atoms. The van der Waals surface area contributed by atoms with Gasteiger partial charge in [0, 0.05) is 17.6 Å². The molecule has 0 amide bonds. The van der Waals surface area contributed by atoms with Crippen LogP contribution >= 0.6 is 11.6 Å². The van der Waals surface area contributed by atoms with Crippen molar-refractivity contribution in [3.05, 3.63) is 65.2 Å². The quantitative estimate of drug-likeness (QED) is 0.597. The Hall–Kier alpha value is -2.39. The molecule has 3 nitrogen and oxygen atoms in total. The van der Waals surface area contributed by atoms with Gasteiger partial charge in [0.1, 0.15) is 0 Å². The largest absolute Gasteiger partial charge is 0.493 e. The first-order valence-corrected chi connectivity index (χ1v) is 8.71. The van der Waals surface area contributed by atoms with E-state index in [1.807, 2.05) is 38.1 Å². The minimum atomic E-state index is 0.0334. The Kier molecular flexibility index (Phi) is 5.34. The van der Waals surface area contributed by atoms with Gasteiger partial charge < -0.3 is 14.8 Å². The van der Waals surface area contributed by atoms with Crippen LogP contribution < -0.4 is 14.8 Å². The molecule has 3 aromatic rings. The van der Waals surface area contributed by atoms with Gasteiger partial charge in [0.2, 0.25) is 0 Å². The van der Waals surface area contributed by atoms with Gasteiger partial charge in [0.05, 0.1) is 18.2 Å². The van der Waals surface area contributed by atoms with Crippen molar-refractivity contribution in [3.8, 4) is 11.5 Å². The van der Waals surface area contributed by atoms with Crippen molar-refractivity contribution in [2.75, 3.05) is 12.4 Å². The van der Waals surface area contributed by atoms with Gasteiger partial charge in [-0.1, -0.05) is 48.0 Å². The lowest BCUT2D eigenvalue weighted by molar-refractivity contribution is 0.230. The normalized spacial score (nSPS) is 10.9. The van der Waals surface area contributed by atoms with E-state index in [0.29, 0.717) is 23.1 Å². The van der Waals surface area contributed by atoms with E-state index in [2.05, 4.69) is 35.6 Å². The maximum atomic E-state index is 6.40. The smallest absolute Gasteiger partial charge is 0.180 e. The zero-order chi connectivity index (χ0) is 17.8. The average Bonchev–Trinajstić information content (AvgIpc) is 2.61. The Balaban J connectivity index is 1.84. The van der Waals surface area contributed by atoms with E-state index in [1.54, 1.807) is 7.11 Å². The molecule has 0 saturated heterocycles. The van der Waals surface area contributed by atoms with Crippen molar-refractivity contribution in [2.45, 2.75) is 26.5 Å². The fourth-order valence-electron chi connectivity index (χ4n) is 2.80. The lowest BCUT2D eigenvalue weighted by Crippen LogP contribution is -2.08. The molecule has 0 aromatic heterocycles. The van der Waals surface area contributed by atoms with E-state index in [1.165, 1.54) is 10.8 Å². The monoisotopic (exact) mass is 355 g/mol. The predicted molar refractivity (Wildman–Crippen MR) is 105 cm³/mol. The third kappa shape index (κ3) is 3.99. The molecule has 25 heavy (non-hydrogen) atoms. The second-order valence-electron chi connectivity index (χ2n) is 6.16. The standard InChI is InChI=1S/C21H22ClNO2/c1-14(2)25-21-18(22)11-15(12-20(21)24-3)13-23-19-10-6-8-16-7-4-5-9-17(16)19/h4-12,14,23H,13H2,1-3H3. The highest BCUT2D eigenvalue weighted by Crippen LogP contribution is 2.37. The first kappa shape index (κ1) is 17.4. The van der Waals surface area contributed by atoms with Crippen LogP contribution in [0.5, 0.6) is 11.5 Å². The summed E-state index contributed by atoms with van der Waals surface area (Å²) in [7, 11) is 1.63. The molecule has 0 aliphatic rings. The van der Waals surface area contributed by atoms with Crippen molar-refractivity contribution < 1.29 is 9.47 Å². The van der Waals surface area contributed by atoms with E-state index in [0.717, 1.165) is 11.3 Å². The summed E-state index contributed by atoms with van der Waals surface area (Å²) in [5.41, 5.74) is 2.13. The summed E-state index contributed by atoms with van der Waals surface area (Å²) in [6, 6.07) is 18.4. The molecule has 0 saturated carbocycles. The Morgan fingerprint density at radius 2 is 1.80 bits per heavy atom. The van der Waals surface area contributed by atoms with Gasteiger partial charge in [0.15, 0.2) is 11.5 Å². The number of methoxy groups -OCH3 is 1. The molecule has 130 valence electrons. The zero-order valence-electron chi connectivity index (χ0n) is 14.7. The summed E-state index contributed by atoms with van der Waals surface area (Å²) in [6.07, 6.45) is 0.0334. The van der Waals surface area contributed by atoms with Crippen LogP contribution in [0.2, 0.25) is 5.02 Å². The molecule has 3 aromatic carbocycles. The Morgan fingerprint density at radius 1 is 1.04 bits per heavy atom. The number of nitrogens with one attached hydrogen (secondary N) is 1. The summed E-state index contributed by atoms with van der Waals surface area (Å²) in [5, 5.41) is 6.45. The van der Waals surface area contributed by atoms with Gasteiger partial charge in [-0.3, -0.25) is 0 Å². The lowest BCUT2D eigenvalue weighted by atomic mass is 10.1. The third-order valence-electron chi connectivity index (χ3n) is 3.92. The highest BCUT2D eigenvalue weighted by Gasteiger charge is 2.13. The highest BCUT2D eigenvalue weighted by molar-refractivity contribution is 6.32. The topological polar surface area (TPSA) is 30.5 Å². The number of benzene rings is 3. The summed E-state index contributed by atoms with van der Waals surface area (Å²) in [4.78, 5) is 0. The summed E-state index contributed by atoms with van der Waals surface area (Å²) in [5.74, 6) is 1.24. The Morgan fingerprint density at radius 3 is 2.56 bits per heavy atom. The zero-order valence-corrected chi connectivity index (χ0v) is 15.4. The molecule has 0 radical (unpaired) electrons. The molecule has 0 fully saturated rings. The lowest BCUT2D eigenvalue weighted by Gasteiger charge is -2.17. The van der Waals surface area contributed by atoms with Gasteiger partial charge >= 0.3 is 0 Å². The van der Waals surface area contributed by atoms with Crippen LogP contribution in [0.1, 0.15) is 19.4 Å². The minimum Gasteiger partial charge on any atom is -0.493 e. The van der Waals surface area contributed by atoms with Crippen molar-refractivity contribution in [1.29, 1.82) is 0 Å². The van der Waals surface area contributed by atoms with Crippen LogP contribution in [0.4, 0.5) is 5.69 Å².